The van der Waals surface area contributed by atoms with Crippen molar-refractivity contribution < 1.29 is 14.0 Å². The summed E-state index contributed by atoms with van der Waals surface area (Å²) < 4.78 is 6.33. The van der Waals surface area contributed by atoms with Crippen molar-refractivity contribution in [2.45, 2.75) is 13.8 Å². The van der Waals surface area contributed by atoms with E-state index in [2.05, 4.69) is 33.2 Å². The molecule has 0 aliphatic rings. The maximum Gasteiger partial charge on any atom is 0.272 e. The first-order valence-electron chi connectivity index (χ1n) is 8.64. The molecule has 1 heterocycles. The molecule has 2 aromatic carbocycles. The van der Waals surface area contributed by atoms with E-state index in [4.69, 9.17) is 4.42 Å². The molecule has 0 fully saturated rings. The summed E-state index contributed by atoms with van der Waals surface area (Å²) >= 11 is 2.09. The molecule has 142 valence electrons. The summed E-state index contributed by atoms with van der Waals surface area (Å²) in [5.41, 5.74) is 2.32. The first-order chi connectivity index (χ1) is 13.4. The summed E-state index contributed by atoms with van der Waals surface area (Å²) in [6, 6.07) is 18.1. The fourth-order valence-corrected chi connectivity index (χ4v) is 3.13. The Morgan fingerprint density at radius 2 is 1.68 bits per heavy atom. The second kappa shape index (κ2) is 8.88. The van der Waals surface area contributed by atoms with Crippen molar-refractivity contribution in [3.05, 3.63) is 92.6 Å². The number of rotatable bonds is 5. The van der Waals surface area contributed by atoms with Gasteiger partial charge in [-0.15, -0.1) is 0 Å². The Kier molecular flexibility index (Phi) is 6.30. The van der Waals surface area contributed by atoms with Gasteiger partial charge in [0.05, 0.1) is 5.56 Å². The quantitative estimate of drug-likeness (QED) is 0.398. The van der Waals surface area contributed by atoms with Crippen molar-refractivity contribution >= 4 is 46.2 Å². The zero-order valence-corrected chi connectivity index (χ0v) is 17.6. The van der Waals surface area contributed by atoms with Gasteiger partial charge in [0.2, 0.25) is 0 Å². The Hall–Kier alpha value is -2.87. The molecule has 5 nitrogen and oxygen atoms in total. The molecule has 3 aromatic rings. The zero-order chi connectivity index (χ0) is 20.1. The van der Waals surface area contributed by atoms with E-state index in [0.29, 0.717) is 22.8 Å². The fourth-order valence-electron chi connectivity index (χ4n) is 2.50. The van der Waals surface area contributed by atoms with E-state index < -0.39 is 5.91 Å². The number of nitrogens with one attached hydrogen (secondary N) is 2. The normalized spacial score (nSPS) is 11.2. The number of aryl methyl sites for hydroxylation is 2. The van der Waals surface area contributed by atoms with Crippen molar-refractivity contribution in [1.82, 2.24) is 5.32 Å². The molecule has 28 heavy (non-hydrogen) atoms. The standard InChI is InChI=1S/C22H19IN2O3/c1-14-7-10-16(11-8-14)24-22(27)20(13-17-12-9-15(2)28-17)25-21(26)18-5-3-4-6-19(18)23/h3-13H,1-2H3,(H,24,27)(H,25,26)/b20-13+. The van der Waals surface area contributed by atoms with Gasteiger partial charge in [0.15, 0.2) is 0 Å². The van der Waals surface area contributed by atoms with Gasteiger partial charge in [-0.05, 0) is 72.8 Å². The molecule has 6 heteroatoms. The number of halogens is 1. The average molecular weight is 486 g/mol. The average Bonchev–Trinajstić information content (AvgIpc) is 3.08. The third-order valence-corrected chi connectivity index (χ3v) is 4.91. The van der Waals surface area contributed by atoms with E-state index in [1.165, 1.54) is 6.08 Å². The summed E-state index contributed by atoms with van der Waals surface area (Å²) in [6.07, 6.45) is 1.52. The van der Waals surface area contributed by atoms with Crippen LogP contribution in [0, 0.1) is 17.4 Å². The number of hydrogen-bond donors (Lipinski definition) is 2. The minimum Gasteiger partial charge on any atom is -0.462 e. The van der Waals surface area contributed by atoms with E-state index in [9.17, 15) is 9.59 Å². The monoisotopic (exact) mass is 486 g/mol. The Labute approximate surface area is 177 Å². The summed E-state index contributed by atoms with van der Waals surface area (Å²) in [5.74, 6) is 0.402. The van der Waals surface area contributed by atoms with E-state index in [0.717, 1.165) is 9.13 Å². The number of carbonyl (C=O) groups is 2. The Morgan fingerprint density at radius 1 is 0.964 bits per heavy atom. The lowest BCUT2D eigenvalue weighted by molar-refractivity contribution is -0.113. The molecule has 2 amide bonds. The van der Waals surface area contributed by atoms with Crippen LogP contribution in [0.1, 0.15) is 27.4 Å². The molecule has 2 N–H and O–H groups in total. The maximum atomic E-state index is 12.8. The van der Waals surface area contributed by atoms with Crippen LogP contribution in [0.2, 0.25) is 0 Å². The van der Waals surface area contributed by atoms with Crippen LogP contribution in [0.5, 0.6) is 0 Å². The number of carbonyl (C=O) groups excluding carboxylic acids is 2. The highest BCUT2D eigenvalue weighted by atomic mass is 127. The molecule has 3 rings (SSSR count). The molecule has 0 spiro atoms. The first-order valence-corrected chi connectivity index (χ1v) is 9.72. The third-order valence-electron chi connectivity index (χ3n) is 3.97. The van der Waals surface area contributed by atoms with E-state index in [1.807, 2.05) is 50.2 Å². The lowest BCUT2D eigenvalue weighted by Crippen LogP contribution is -2.31. The van der Waals surface area contributed by atoms with Gasteiger partial charge < -0.3 is 15.1 Å². The van der Waals surface area contributed by atoms with E-state index in [1.54, 1.807) is 24.3 Å². The molecular formula is C22H19IN2O3. The van der Waals surface area contributed by atoms with Crippen molar-refractivity contribution in [2.75, 3.05) is 5.32 Å². The fraction of sp³-hybridized carbons (Fsp3) is 0.0909. The third kappa shape index (κ3) is 5.10. The van der Waals surface area contributed by atoms with Crippen LogP contribution >= 0.6 is 22.6 Å². The van der Waals surface area contributed by atoms with Crippen molar-refractivity contribution in [2.24, 2.45) is 0 Å². The topological polar surface area (TPSA) is 71.3 Å². The lowest BCUT2D eigenvalue weighted by atomic mass is 10.2. The highest BCUT2D eigenvalue weighted by Gasteiger charge is 2.17. The number of anilines is 1. The molecule has 0 radical (unpaired) electrons. The second-order valence-electron chi connectivity index (χ2n) is 6.26. The Balaban J connectivity index is 1.87. The number of benzene rings is 2. The van der Waals surface area contributed by atoms with Crippen molar-refractivity contribution in [1.29, 1.82) is 0 Å². The lowest BCUT2D eigenvalue weighted by Gasteiger charge is -2.12. The number of furan rings is 1. The van der Waals surface area contributed by atoms with Gasteiger partial charge >= 0.3 is 0 Å². The van der Waals surface area contributed by atoms with Crippen LogP contribution < -0.4 is 10.6 Å². The molecule has 0 bridgehead atoms. The minimum absolute atomic E-state index is 0.0968. The van der Waals surface area contributed by atoms with E-state index >= 15 is 0 Å². The molecule has 0 aliphatic heterocycles. The summed E-state index contributed by atoms with van der Waals surface area (Å²) in [6.45, 7) is 3.78. The summed E-state index contributed by atoms with van der Waals surface area (Å²) in [4.78, 5) is 25.5. The van der Waals surface area contributed by atoms with Crippen LogP contribution in [-0.4, -0.2) is 11.8 Å². The molecule has 0 aliphatic carbocycles. The largest absolute Gasteiger partial charge is 0.462 e. The minimum atomic E-state index is -0.433. The SMILES string of the molecule is Cc1ccc(NC(=O)/C(=C\c2ccc(C)o2)NC(=O)c2ccccc2I)cc1. The van der Waals surface area contributed by atoms with E-state index in [-0.39, 0.29) is 11.6 Å². The second-order valence-corrected chi connectivity index (χ2v) is 7.42. The van der Waals surface area contributed by atoms with Crippen LogP contribution in [0.25, 0.3) is 6.08 Å². The van der Waals surface area contributed by atoms with Gasteiger partial charge in [-0.3, -0.25) is 9.59 Å². The van der Waals surface area contributed by atoms with Crippen LogP contribution in [0.4, 0.5) is 5.69 Å². The van der Waals surface area contributed by atoms with Gasteiger partial charge in [-0.2, -0.15) is 0 Å². The van der Waals surface area contributed by atoms with Gasteiger partial charge in [0, 0.05) is 15.3 Å². The van der Waals surface area contributed by atoms with Crippen LogP contribution in [-0.2, 0) is 4.79 Å². The molecule has 0 saturated carbocycles. The van der Waals surface area contributed by atoms with Gasteiger partial charge in [0.1, 0.15) is 17.2 Å². The molecular weight excluding hydrogens is 467 g/mol. The first kappa shape index (κ1) is 19.9. The van der Waals surface area contributed by atoms with Gasteiger partial charge in [-0.1, -0.05) is 29.8 Å². The zero-order valence-electron chi connectivity index (χ0n) is 15.5. The van der Waals surface area contributed by atoms with Crippen LogP contribution in [0.3, 0.4) is 0 Å². The van der Waals surface area contributed by atoms with Crippen LogP contribution in [0.15, 0.2) is 70.8 Å². The maximum absolute atomic E-state index is 12.8. The highest BCUT2D eigenvalue weighted by Crippen LogP contribution is 2.16. The number of amides is 2. The van der Waals surface area contributed by atoms with Crippen molar-refractivity contribution in [3.8, 4) is 0 Å². The predicted octanol–water partition coefficient (Wildman–Crippen LogP) is 4.91. The number of hydrogen-bond acceptors (Lipinski definition) is 3. The predicted molar refractivity (Wildman–Crippen MR) is 118 cm³/mol. The van der Waals surface area contributed by atoms with Gasteiger partial charge in [-0.25, -0.2) is 0 Å². The van der Waals surface area contributed by atoms with Gasteiger partial charge in [0.25, 0.3) is 11.8 Å². The van der Waals surface area contributed by atoms with Crippen molar-refractivity contribution in [3.63, 3.8) is 0 Å². The molecule has 0 atom stereocenters. The molecule has 0 saturated heterocycles. The highest BCUT2D eigenvalue weighted by molar-refractivity contribution is 14.1. The summed E-state index contributed by atoms with van der Waals surface area (Å²) in [5, 5.41) is 5.51. The Morgan fingerprint density at radius 3 is 2.32 bits per heavy atom. The summed E-state index contributed by atoms with van der Waals surface area (Å²) in [7, 11) is 0. The smallest absolute Gasteiger partial charge is 0.272 e. The Bertz CT molecular complexity index is 1040. The molecule has 1 aromatic heterocycles. The molecule has 0 unspecified atom stereocenters.